The highest BCUT2D eigenvalue weighted by Crippen LogP contribution is 2.33. The third-order valence-corrected chi connectivity index (χ3v) is 5.90. The van der Waals surface area contributed by atoms with Crippen LogP contribution in [-0.4, -0.2) is 32.1 Å². The van der Waals surface area contributed by atoms with E-state index >= 15 is 0 Å². The molecule has 0 spiro atoms. The number of rotatable bonds is 6. The van der Waals surface area contributed by atoms with Crippen molar-refractivity contribution in [1.82, 2.24) is 19.6 Å². The van der Waals surface area contributed by atoms with Gasteiger partial charge in [0.1, 0.15) is 10.6 Å². The summed E-state index contributed by atoms with van der Waals surface area (Å²) in [7, 11) is 0. The Bertz CT molecular complexity index is 1110. The molecule has 0 aliphatic carbocycles. The van der Waals surface area contributed by atoms with Crippen LogP contribution in [0.4, 0.5) is 5.13 Å². The second kappa shape index (κ2) is 7.99. The first kappa shape index (κ1) is 18.5. The number of amides is 1. The molecule has 0 atom stereocenters. The minimum absolute atomic E-state index is 0.166. The SMILES string of the molecule is CCOc1ccc2nc(N(Cc3cccnc3)C(=O)c3snnc3C)sc2c1. The zero-order valence-corrected chi connectivity index (χ0v) is 17.0. The van der Waals surface area contributed by atoms with E-state index in [1.165, 1.54) is 11.3 Å². The Morgan fingerprint density at radius 1 is 1.29 bits per heavy atom. The van der Waals surface area contributed by atoms with Gasteiger partial charge in [0, 0.05) is 12.4 Å². The number of hydrogen-bond acceptors (Lipinski definition) is 8. The summed E-state index contributed by atoms with van der Waals surface area (Å²) in [6.45, 7) is 4.69. The van der Waals surface area contributed by atoms with Crippen LogP contribution in [0.3, 0.4) is 0 Å². The van der Waals surface area contributed by atoms with Gasteiger partial charge in [-0.2, -0.15) is 0 Å². The first-order valence-electron chi connectivity index (χ1n) is 8.69. The molecule has 0 unspecified atom stereocenters. The second-order valence-corrected chi connectivity index (χ2v) is 7.76. The lowest BCUT2D eigenvalue weighted by Crippen LogP contribution is -2.30. The number of hydrogen-bond donors (Lipinski definition) is 0. The Labute approximate surface area is 169 Å². The lowest BCUT2D eigenvalue weighted by Gasteiger charge is -2.19. The molecule has 1 amide bonds. The van der Waals surface area contributed by atoms with Crippen molar-refractivity contribution in [2.45, 2.75) is 20.4 Å². The van der Waals surface area contributed by atoms with E-state index < -0.39 is 0 Å². The van der Waals surface area contributed by atoms with Gasteiger partial charge in [-0.1, -0.05) is 21.9 Å². The summed E-state index contributed by atoms with van der Waals surface area (Å²) in [6.07, 6.45) is 3.46. The monoisotopic (exact) mass is 411 g/mol. The van der Waals surface area contributed by atoms with E-state index in [-0.39, 0.29) is 5.91 Å². The standard InChI is InChI=1S/C19H17N5O2S2/c1-3-26-14-6-7-15-16(9-14)27-19(21-15)24(11-13-5-4-8-20-10-13)18(25)17-12(2)22-23-28-17/h4-10H,3,11H2,1-2H3. The number of aromatic nitrogens is 4. The van der Waals surface area contributed by atoms with Crippen molar-refractivity contribution in [1.29, 1.82) is 0 Å². The van der Waals surface area contributed by atoms with E-state index in [1.54, 1.807) is 24.2 Å². The smallest absolute Gasteiger partial charge is 0.274 e. The van der Waals surface area contributed by atoms with Crippen LogP contribution in [0, 0.1) is 6.92 Å². The van der Waals surface area contributed by atoms with E-state index in [4.69, 9.17) is 4.74 Å². The van der Waals surface area contributed by atoms with Gasteiger partial charge < -0.3 is 4.74 Å². The minimum atomic E-state index is -0.166. The number of carbonyl (C=O) groups excluding carboxylic acids is 1. The molecule has 0 saturated carbocycles. The summed E-state index contributed by atoms with van der Waals surface area (Å²) in [6, 6.07) is 9.54. The molecule has 0 saturated heterocycles. The summed E-state index contributed by atoms with van der Waals surface area (Å²) in [5.41, 5.74) is 2.36. The zero-order chi connectivity index (χ0) is 19.5. The molecule has 3 aromatic heterocycles. The Balaban J connectivity index is 1.75. The molecule has 4 aromatic rings. The maximum absolute atomic E-state index is 13.3. The fourth-order valence-corrected chi connectivity index (χ4v) is 4.31. The van der Waals surface area contributed by atoms with E-state index in [2.05, 4.69) is 19.6 Å². The van der Waals surface area contributed by atoms with E-state index in [0.29, 0.717) is 28.9 Å². The number of fused-ring (bicyclic) bond motifs is 1. The fraction of sp³-hybridized carbons (Fsp3) is 0.211. The maximum atomic E-state index is 13.3. The number of anilines is 1. The van der Waals surface area contributed by atoms with E-state index in [9.17, 15) is 4.79 Å². The molecule has 0 radical (unpaired) electrons. The van der Waals surface area contributed by atoms with Crippen LogP contribution < -0.4 is 9.64 Å². The predicted octanol–water partition coefficient (Wildman–Crippen LogP) is 4.10. The van der Waals surface area contributed by atoms with Gasteiger partial charge >= 0.3 is 0 Å². The van der Waals surface area contributed by atoms with Gasteiger partial charge in [-0.25, -0.2) is 4.98 Å². The van der Waals surface area contributed by atoms with Gasteiger partial charge in [-0.05, 0) is 55.2 Å². The summed E-state index contributed by atoms with van der Waals surface area (Å²) < 4.78 is 10.4. The highest BCUT2D eigenvalue weighted by molar-refractivity contribution is 7.22. The van der Waals surface area contributed by atoms with E-state index in [0.717, 1.165) is 33.1 Å². The number of pyridine rings is 1. The predicted molar refractivity (Wildman–Crippen MR) is 110 cm³/mol. The van der Waals surface area contributed by atoms with E-state index in [1.807, 2.05) is 37.3 Å². The summed E-state index contributed by atoms with van der Waals surface area (Å²) in [5, 5.41) is 4.59. The summed E-state index contributed by atoms with van der Waals surface area (Å²) >= 11 is 2.55. The summed E-state index contributed by atoms with van der Waals surface area (Å²) in [4.78, 5) is 24.3. The third kappa shape index (κ3) is 3.71. The van der Waals surface area contributed by atoms with Crippen LogP contribution >= 0.6 is 22.9 Å². The van der Waals surface area contributed by atoms with Gasteiger partial charge in [0.2, 0.25) is 0 Å². The molecule has 142 valence electrons. The molecule has 3 heterocycles. The molecular formula is C19H17N5O2S2. The number of benzene rings is 1. The van der Waals surface area contributed by atoms with Crippen LogP contribution in [-0.2, 0) is 6.54 Å². The normalized spacial score (nSPS) is 10.9. The number of thiazole rings is 1. The second-order valence-electron chi connectivity index (χ2n) is 6.00. The molecule has 9 heteroatoms. The van der Waals surface area contributed by atoms with Gasteiger partial charge in [-0.3, -0.25) is 14.7 Å². The molecule has 0 bridgehead atoms. The lowest BCUT2D eigenvalue weighted by atomic mass is 10.2. The minimum Gasteiger partial charge on any atom is -0.494 e. The molecular weight excluding hydrogens is 394 g/mol. The van der Waals surface area contributed by atoms with Crippen molar-refractivity contribution in [3.8, 4) is 5.75 Å². The van der Waals surface area contributed by atoms with Crippen molar-refractivity contribution in [2.75, 3.05) is 11.5 Å². The molecule has 1 aromatic carbocycles. The van der Waals surface area contributed by atoms with Crippen LogP contribution in [0.5, 0.6) is 5.75 Å². The zero-order valence-electron chi connectivity index (χ0n) is 15.3. The molecule has 0 fully saturated rings. The highest BCUT2D eigenvalue weighted by Gasteiger charge is 2.25. The van der Waals surface area contributed by atoms with Crippen molar-refractivity contribution in [3.63, 3.8) is 0 Å². The Morgan fingerprint density at radius 2 is 2.18 bits per heavy atom. The number of ether oxygens (including phenoxy) is 1. The van der Waals surface area contributed by atoms with Crippen molar-refractivity contribution >= 4 is 44.1 Å². The van der Waals surface area contributed by atoms with Gasteiger partial charge in [-0.15, -0.1) is 5.10 Å². The Morgan fingerprint density at radius 3 is 2.89 bits per heavy atom. The molecule has 0 N–H and O–H groups in total. The van der Waals surface area contributed by atoms with Crippen LogP contribution in [0.1, 0.15) is 27.9 Å². The van der Waals surface area contributed by atoms with Crippen LogP contribution in [0.15, 0.2) is 42.7 Å². The summed E-state index contributed by atoms with van der Waals surface area (Å²) in [5.74, 6) is 0.623. The average molecular weight is 412 g/mol. The van der Waals surface area contributed by atoms with Crippen molar-refractivity contribution in [3.05, 3.63) is 58.9 Å². The molecule has 7 nitrogen and oxygen atoms in total. The highest BCUT2D eigenvalue weighted by atomic mass is 32.1. The van der Waals surface area contributed by atoms with Gasteiger partial charge in [0.15, 0.2) is 5.13 Å². The Kier molecular flexibility index (Phi) is 5.27. The third-order valence-electron chi connectivity index (χ3n) is 4.04. The number of aryl methyl sites for hydroxylation is 1. The molecule has 0 aliphatic heterocycles. The van der Waals surface area contributed by atoms with Crippen molar-refractivity contribution in [2.24, 2.45) is 0 Å². The Hall–Kier alpha value is -2.91. The largest absolute Gasteiger partial charge is 0.494 e. The molecule has 28 heavy (non-hydrogen) atoms. The lowest BCUT2D eigenvalue weighted by molar-refractivity contribution is 0.0988. The topological polar surface area (TPSA) is 81.1 Å². The number of nitrogens with zero attached hydrogens (tertiary/aromatic N) is 5. The van der Waals surface area contributed by atoms with Gasteiger partial charge in [0.05, 0.1) is 29.1 Å². The first-order valence-corrected chi connectivity index (χ1v) is 10.3. The van der Waals surface area contributed by atoms with Crippen LogP contribution in [0.2, 0.25) is 0 Å². The number of carbonyl (C=O) groups is 1. The quantitative estimate of drug-likeness (QED) is 0.475. The first-order chi connectivity index (χ1) is 13.7. The van der Waals surface area contributed by atoms with Crippen molar-refractivity contribution < 1.29 is 9.53 Å². The molecule has 4 rings (SSSR count). The fourth-order valence-electron chi connectivity index (χ4n) is 2.72. The van der Waals surface area contributed by atoms with Gasteiger partial charge in [0.25, 0.3) is 5.91 Å². The van der Waals surface area contributed by atoms with Crippen LogP contribution in [0.25, 0.3) is 10.2 Å². The average Bonchev–Trinajstić information content (AvgIpc) is 3.32. The maximum Gasteiger partial charge on any atom is 0.274 e. The molecule has 0 aliphatic rings.